The highest BCUT2D eigenvalue weighted by molar-refractivity contribution is 5.94. The molecule has 4 nitrogen and oxygen atoms in total. The van der Waals surface area contributed by atoms with E-state index in [1.807, 2.05) is 18.2 Å². The van der Waals surface area contributed by atoms with E-state index in [4.69, 9.17) is 0 Å². The van der Waals surface area contributed by atoms with Crippen molar-refractivity contribution in [2.45, 2.75) is 65.3 Å². The highest BCUT2D eigenvalue weighted by Crippen LogP contribution is 2.65. The van der Waals surface area contributed by atoms with E-state index < -0.39 is 0 Å². The van der Waals surface area contributed by atoms with Crippen LogP contribution in [-0.4, -0.2) is 17.9 Å². The summed E-state index contributed by atoms with van der Waals surface area (Å²) in [5.74, 6) is 2.22. The number of carbonyl (C=O) groups is 2. The standard InChI is InChI=1S/C26H34N2O2/c1-16-6-4-5-7-21(16)27-24(30)20-10-9-18-17-8-11-22-26(3,15-13-23(29)28-22)19(17)12-14-25(18,20)2/h4-7,13,15,17-20,22H,8-12,14H2,1-3H3,(H,27,30)(H,28,29)/t17?,18?,19?,20?,22?,25-,26+/m0/s1. The van der Waals surface area contributed by atoms with Crippen molar-refractivity contribution in [3.05, 3.63) is 42.0 Å². The predicted molar refractivity (Wildman–Crippen MR) is 119 cm³/mol. The van der Waals surface area contributed by atoms with E-state index >= 15 is 0 Å². The van der Waals surface area contributed by atoms with Crippen molar-refractivity contribution in [3.8, 4) is 0 Å². The summed E-state index contributed by atoms with van der Waals surface area (Å²) in [7, 11) is 0. The number of fused-ring (bicyclic) bond motifs is 5. The van der Waals surface area contributed by atoms with Crippen molar-refractivity contribution in [2.75, 3.05) is 5.32 Å². The Hall–Kier alpha value is -2.10. The molecule has 1 aromatic carbocycles. The van der Waals surface area contributed by atoms with Gasteiger partial charge >= 0.3 is 0 Å². The predicted octanol–water partition coefficient (Wildman–Crippen LogP) is 4.85. The Morgan fingerprint density at radius 1 is 1.07 bits per heavy atom. The first-order chi connectivity index (χ1) is 14.3. The normalized spacial score (nSPS) is 42.0. The highest BCUT2D eigenvalue weighted by atomic mass is 16.2. The molecule has 1 aromatic rings. The zero-order valence-electron chi connectivity index (χ0n) is 18.4. The maximum absolute atomic E-state index is 13.3. The molecule has 0 bridgehead atoms. The average Bonchev–Trinajstić information content (AvgIpc) is 3.07. The van der Waals surface area contributed by atoms with E-state index in [0.29, 0.717) is 17.8 Å². The second-order valence-corrected chi connectivity index (χ2v) is 10.7. The Balaban J connectivity index is 1.38. The van der Waals surface area contributed by atoms with Crippen LogP contribution in [0.25, 0.3) is 0 Å². The van der Waals surface area contributed by atoms with Gasteiger partial charge in [0.05, 0.1) is 0 Å². The minimum absolute atomic E-state index is 0.0552. The van der Waals surface area contributed by atoms with Crippen LogP contribution in [0.4, 0.5) is 5.69 Å². The molecule has 5 unspecified atom stereocenters. The van der Waals surface area contributed by atoms with Crippen LogP contribution in [0.5, 0.6) is 0 Å². The molecule has 0 aromatic heterocycles. The van der Waals surface area contributed by atoms with E-state index in [1.165, 1.54) is 6.42 Å². The van der Waals surface area contributed by atoms with Gasteiger partial charge in [-0.25, -0.2) is 0 Å². The second kappa shape index (κ2) is 6.96. The number of aryl methyl sites for hydroxylation is 1. The molecule has 160 valence electrons. The molecule has 1 aliphatic heterocycles. The third-order valence-electron chi connectivity index (χ3n) is 9.41. The number of amides is 2. The largest absolute Gasteiger partial charge is 0.349 e. The van der Waals surface area contributed by atoms with Gasteiger partial charge in [-0.2, -0.15) is 0 Å². The molecule has 2 amide bonds. The van der Waals surface area contributed by atoms with Crippen LogP contribution in [0.2, 0.25) is 0 Å². The summed E-state index contributed by atoms with van der Waals surface area (Å²) in [6.07, 6.45) is 10.6. The van der Waals surface area contributed by atoms with Crippen molar-refractivity contribution < 1.29 is 9.59 Å². The molecule has 7 atom stereocenters. The molecule has 2 N–H and O–H groups in total. The Morgan fingerprint density at radius 2 is 1.87 bits per heavy atom. The van der Waals surface area contributed by atoms with Crippen LogP contribution < -0.4 is 10.6 Å². The quantitative estimate of drug-likeness (QED) is 0.738. The molecule has 3 aliphatic carbocycles. The smallest absolute Gasteiger partial charge is 0.243 e. The lowest BCUT2D eigenvalue weighted by atomic mass is 9.48. The van der Waals surface area contributed by atoms with Gasteiger partial charge in [-0.15, -0.1) is 0 Å². The summed E-state index contributed by atoms with van der Waals surface area (Å²) in [6.45, 7) is 6.79. The Morgan fingerprint density at radius 3 is 2.67 bits per heavy atom. The third kappa shape index (κ3) is 2.86. The summed E-state index contributed by atoms with van der Waals surface area (Å²) in [5.41, 5.74) is 2.20. The summed E-state index contributed by atoms with van der Waals surface area (Å²) in [6, 6.07) is 8.32. The number of rotatable bonds is 2. The topological polar surface area (TPSA) is 58.2 Å². The number of anilines is 1. The zero-order chi connectivity index (χ0) is 21.1. The van der Waals surface area contributed by atoms with Gasteiger partial charge in [-0.3, -0.25) is 9.59 Å². The molecule has 0 radical (unpaired) electrons. The van der Waals surface area contributed by atoms with Crippen LogP contribution in [0, 0.1) is 41.4 Å². The number of hydrogen-bond acceptors (Lipinski definition) is 2. The lowest BCUT2D eigenvalue weighted by Crippen LogP contribution is -2.59. The first kappa shape index (κ1) is 19.8. The first-order valence-electron chi connectivity index (χ1n) is 11.7. The van der Waals surface area contributed by atoms with Gasteiger partial charge in [0.15, 0.2) is 0 Å². The number of benzene rings is 1. The van der Waals surface area contributed by atoms with E-state index in [-0.39, 0.29) is 34.6 Å². The minimum atomic E-state index is 0.0552. The lowest BCUT2D eigenvalue weighted by Gasteiger charge is -2.58. The van der Waals surface area contributed by atoms with Gasteiger partial charge in [-0.05, 0) is 86.3 Å². The zero-order valence-corrected chi connectivity index (χ0v) is 18.4. The molecular formula is C26H34N2O2. The first-order valence-corrected chi connectivity index (χ1v) is 11.7. The molecule has 4 aliphatic rings. The van der Waals surface area contributed by atoms with E-state index in [1.54, 1.807) is 6.08 Å². The van der Waals surface area contributed by atoms with Crippen molar-refractivity contribution in [3.63, 3.8) is 0 Å². The van der Waals surface area contributed by atoms with Crippen LogP contribution in [0.3, 0.4) is 0 Å². The maximum Gasteiger partial charge on any atom is 0.243 e. The monoisotopic (exact) mass is 406 g/mol. The van der Waals surface area contributed by atoms with Gasteiger partial charge in [-0.1, -0.05) is 38.1 Å². The number of carbonyl (C=O) groups excluding carboxylic acids is 2. The SMILES string of the molecule is Cc1ccccc1NC(=O)C1CCC2C3CCC4NC(=O)C=C[C@]4(C)C3CC[C@]12C. The van der Waals surface area contributed by atoms with Crippen LogP contribution in [0.1, 0.15) is 57.9 Å². The highest BCUT2D eigenvalue weighted by Gasteiger charge is 2.60. The molecule has 3 saturated carbocycles. The molecule has 0 saturated heterocycles. The molecular weight excluding hydrogens is 372 g/mol. The Bertz CT molecular complexity index is 908. The molecule has 4 heteroatoms. The van der Waals surface area contributed by atoms with Crippen LogP contribution in [-0.2, 0) is 9.59 Å². The molecule has 30 heavy (non-hydrogen) atoms. The molecule has 3 fully saturated rings. The summed E-state index contributed by atoms with van der Waals surface area (Å²) < 4.78 is 0. The van der Waals surface area contributed by atoms with Gasteiger partial charge in [0.1, 0.15) is 0 Å². The molecule has 1 heterocycles. The van der Waals surface area contributed by atoms with Crippen molar-refractivity contribution >= 4 is 17.5 Å². The van der Waals surface area contributed by atoms with Crippen molar-refractivity contribution in [1.82, 2.24) is 5.32 Å². The Kier molecular flexibility index (Phi) is 4.61. The van der Waals surface area contributed by atoms with E-state index in [0.717, 1.165) is 43.4 Å². The van der Waals surface area contributed by atoms with Crippen molar-refractivity contribution in [1.29, 1.82) is 0 Å². The van der Waals surface area contributed by atoms with Crippen LogP contribution in [0.15, 0.2) is 36.4 Å². The van der Waals surface area contributed by atoms with Gasteiger partial charge in [0.25, 0.3) is 0 Å². The van der Waals surface area contributed by atoms with Gasteiger partial charge in [0, 0.05) is 23.1 Å². The van der Waals surface area contributed by atoms with Crippen LogP contribution >= 0.6 is 0 Å². The summed E-state index contributed by atoms with van der Waals surface area (Å²) in [4.78, 5) is 25.2. The van der Waals surface area contributed by atoms with Crippen molar-refractivity contribution in [2.24, 2.45) is 34.5 Å². The fraction of sp³-hybridized carbons (Fsp3) is 0.615. The summed E-state index contributed by atoms with van der Waals surface area (Å²) >= 11 is 0. The second-order valence-electron chi connectivity index (χ2n) is 10.7. The number of para-hydroxylation sites is 1. The maximum atomic E-state index is 13.3. The average molecular weight is 407 g/mol. The number of hydrogen-bond donors (Lipinski definition) is 2. The van der Waals surface area contributed by atoms with E-state index in [9.17, 15) is 9.59 Å². The third-order valence-corrected chi connectivity index (χ3v) is 9.41. The molecule has 0 spiro atoms. The summed E-state index contributed by atoms with van der Waals surface area (Å²) in [5, 5.41) is 6.47. The molecule has 5 rings (SSSR count). The van der Waals surface area contributed by atoms with E-state index in [2.05, 4.69) is 43.5 Å². The Labute approximate surface area is 179 Å². The van der Waals surface area contributed by atoms with Gasteiger partial charge < -0.3 is 10.6 Å². The minimum Gasteiger partial charge on any atom is -0.349 e. The fourth-order valence-corrected chi connectivity index (χ4v) is 7.70. The number of nitrogens with one attached hydrogen (secondary N) is 2. The fourth-order valence-electron chi connectivity index (χ4n) is 7.70. The lowest BCUT2D eigenvalue weighted by molar-refractivity contribution is -0.129. The van der Waals surface area contributed by atoms with Gasteiger partial charge in [0.2, 0.25) is 11.8 Å².